The van der Waals surface area contributed by atoms with Crippen LogP contribution >= 0.6 is 0 Å². The van der Waals surface area contributed by atoms with Gasteiger partial charge in [-0.25, -0.2) is 4.79 Å². The zero-order valence-electron chi connectivity index (χ0n) is 32.1. The van der Waals surface area contributed by atoms with Gasteiger partial charge in [0.1, 0.15) is 30.2 Å². The molecule has 0 aromatic heterocycles. The third-order valence-corrected chi connectivity index (χ3v) is 8.86. The second kappa shape index (κ2) is 30.0. The molecule has 0 rings (SSSR count). The zero-order chi connectivity index (χ0) is 40.2. The van der Waals surface area contributed by atoms with E-state index in [1.165, 1.54) is 58.8 Å². The first-order chi connectivity index (χ1) is 25.2. The summed E-state index contributed by atoms with van der Waals surface area (Å²) in [4.78, 5) is 76.8. The Balaban J connectivity index is 5.44. The number of carboxylic acid groups (broad SMARTS) is 1. The van der Waals surface area contributed by atoms with Crippen LogP contribution in [0.15, 0.2) is 0 Å². The molecule has 0 bridgehead atoms. The van der Waals surface area contributed by atoms with E-state index >= 15 is 0 Å². The van der Waals surface area contributed by atoms with Gasteiger partial charge in [-0.3, -0.25) is 24.0 Å². The summed E-state index contributed by atoms with van der Waals surface area (Å²) < 4.78 is 0. The van der Waals surface area contributed by atoms with Crippen molar-refractivity contribution in [2.24, 2.45) is 11.5 Å². The van der Waals surface area contributed by atoms with E-state index in [0.717, 1.165) is 19.3 Å². The summed E-state index contributed by atoms with van der Waals surface area (Å²) in [5.74, 6) is -5.55. The number of amides is 5. The zero-order valence-corrected chi connectivity index (χ0v) is 32.1. The number of unbranched alkanes of at least 4 members (excludes halogenated alkanes) is 11. The van der Waals surface area contributed by atoms with Crippen LogP contribution in [0.2, 0.25) is 0 Å². The maximum Gasteiger partial charge on any atom is 0.328 e. The summed E-state index contributed by atoms with van der Waals surface area (Å²) in [6.45, 7) is 4.23. The van der Waals surface area contributed by atoms with Gasteiger partial charge in [0.2, 0.25) is 29.5 Å². The van der Waals surface area contributed by atoms with Crippen LogP contribution in [0.25, 0.3) is 0 Å². The van der Waals surface area contributed by atoms with Gasteiger partial charge in [-0.2, -0.15) is 0 Å². The fourth-order valence-electron chi connectivity index (χ4n) is 5.60. The fourth-order valence-corrected chi connectivity index (χ4v) is 5.60. The molecular formula is C36H69N7O10. The molecule has 0 aromatic rings. The summed E-state index contributed by atoms with van der Waals surface area (Å²) in [6, 6.07) is -7.28. The number of hydrogen-bond donors (Lipinski definition) is 11. The molecule has 0 radical (unpaired) electrons. The first-order valence-corrected chi connectivity index (χ1v) is 19.3. The Bertz CT molecular complexity index is 1080. The van der Waals surface area contributed by atoms with Gasteiger partial charge in [0, 0.05) is 6.42 Å². The van der Waals surface area contributed by atoms with Crippen molar-refractivity contribution in [3.05, 3.63) is 0 Å². The molecule has 17 heteroatoms. The highest BCUT2D eigenvalue weighted by Crippen LogP contribution is 2.12. The normalized spacial score (nSPS) is 15.2. The molecule has 13 N–H and O–H groups in total. The van der Waals surface area contributed by atoms with Crippen LogP contribution < -0.4 is 38.1 Å². The number of carboxylic acids is 1. The highest BCUT2D eigenvalue weighted by atomic mass is 16.4. The molecule has 17 nitrogen and oxygen atoms in total. The lowest BCUT2D eigenvalue weighted by Crippen LogP contribution is -2.62. The third-order valence-electron chi connectivity index (χ3n) is 8.86. The minimum absolute atomic E-state index is 0.0325. The smallest absolute Gasteiger partial charge is 0.328 e. The van der Waals surface area contributed by atoms with Crippen molar-refractivity contribution in [2.45, 2.75) is 172 Å². The Morgan fingerprint density at radius 2 is 0.943 bits per heavy atom. The molecular weight excluding hydrogens is 690 g/mol. The van der Waals surface area contributed by atoms with Gasteiger partial charge in [0.15, 0.2) is 0 Å². The van der Waals surface area contributed by atoms with E-state index in [1.54, 1.807) is 0 Å². The van der Waals surface area contributed by atoms with Crippen molar-refractivity contribution < 1.29 is 49.2 Å². The number of nitrogens with two attached hydrogens (primary N) is 2. The summed E-state index contributed by atoms with van der Waals surface area (Å²) in [7, 11) is 0. The van der Waals surface area contributed by atoms with Crippen molar-refractivity contribution in [2.75, 3.05) is 19.7 Å². The van der Waals surface area contributed by atoms with Crippen molar-refractivity contribution in [1.29, 1.82) is 0 Å². The van der Waals surface area contributed by atoms with Crippen LogP contribution in [0, 0.1) is 0 Å². The largest absolute Gasteiger partial charge is 0.480 e. The van der Waals surface area contributed by atoms with Crippen molar-refractivity contribution in [3.63, 3.8) is 0 Å². The topological polar surface area (TPSA) is 296 Å². The molecule has 0 aliphatic carbocycles. The van der Waals surface area contributed by atoms with Gasteiger partial charge in [-0.05, 0) is 65.5 Å². The number of aliphatic hydroxyl groups excluding tert-OH is 3. The van der Waals surface area contributed by atoms with Crippen LogP contribution in [0.3, 0.4) is 0 Å². The predicted molar refractivity (Wildman–Crippen MR) is 200 cm³/mol. The summed E-state index contributed by atoms with van der Waals surface area (Å²) >= 11 is 0. The Hall–Kier alpha value is -3.38. The predicted octanol–water partition coefficient (Wildman–Crippen LogP) is -0.182. The average molecular weight is 760 g/mol. The quantitative estimate of drug-likeness (QED) is 0.0398. The highest BCUT2D eigenvalue weighted by molar-refractivity contribution is 5.96. The maximum absolute atomic E-state index is 13.4. The lowest BCUT2D eigenvalue weighted by atomic mass is 10.0. The van der Waals surface area contributed by atoms with E-state index in [-0.39, 0.29) is 38.1 Å². The Labute approximate surface area is 314 Å². The van der Waals surface area contributed by atoms with Gasteiger partial charge in [0.25, 0.3) is 0 Å². The Morgan fingerprint density at radius 3 is 1.42 bits per heavy atom. The number of nitrogens with one attached hydrogen (secondary N) is 5. The van der Waals surface area contributed by atoms with Crippen LogP contribution in [0.4, 0.5) is 0 Å². The van der Waals surface area contributed by atoms with Crippen LogP contribution in [0.5, 0.6) is 0 Å². The van der Waals surface area contributed by atoms with Crippen LogP contribution in [-0.2, 0) is 28.8 Å². The summed E-state index contributed by atoms with van der Waals surface area (Å²) in [6.07, 6.45) is 11.2. The second-order valence-corrected chi connectivity index (χ2v) is 13.7. The Morgan fingerprint density at radius 1 is 0.528 bits per heavy atom. The second-order valence-electron chi connectivity index (χ2n) is 13.7. The third kappa shape index (κ3) is 22.4. The Kier molecular flexibility index (Phi) is 28.1. The molecule has 0 heterocycles. The first-order valence-electron chi connectivity index (χ1n) is 19.3. The van der Waals surface area contributed by atoms with Gasteiger partial charge in [-0.15, -0.1) is 0 Å². The monoisotopic (exact) mass is 760 g/mol. The standard InChI is InChI=1S/C36H69N7O10/c1-4-5-6-7-8-9-10-11-12-13-14-20-29(47)39-26(18-15-16-21-37)33(49)42-31(25(3)46)35(51)43-30(24(2)45)34(50)40-27(19-17-22-38)32(48)41-28(23-44)36(52)53/h24-28,30-31,44-46H,4-23,37-38H2,1-3H3,(H,39,47)(H,40,50)(H,41,48)(H,42,49)(H,43,51)(H,52,53)/t24-,25-,26+,27+,28+,30+,31+/m1/s1. The molecule has 0 aliphatic rings. The molecule has 0 aromatic carbocycles. The number of carbonyl (C=O) groups is 6. The molecule has 0 aliphatic heterocycles. The van der Waals surface area contributed by atoms with Crippen LogP contribution in [0.1, 0.15) is 130 Å². The molecule has 0 spiro atoms. The van der Waals surface area contributed by atoms with E-state index in [1.807, 2.05) is 0 Å². The van der Waals surface area contributed by atoms with Crippen molar-refractivity contribution >= 4 is 35.5 Å². The van der Waals surface area contributed by atoms with Gasteiger partial charge < -0.3 is 58.5 Å². The molecule has 0 unspecified atom stereocenters. The van der Waals surface area contributed by atoms with E-state index in [4.69, 9.17) is 11.5 Å². The lowest BCUT2D eigenvalue weighted by molar-refractivity contribution is -0.143. The first kappa shape index (κ1) is 49.6. The molecule has 0 fully saturated rings. The summed E-state index contributed by atoms with van der Waals surface area (Å²) in [5, 5.41) is 51.2. The van der Waals surface area contributed by atoms with E-state index in [2.05, 4.69) is 33.5 Å². The molecule has 7 atom stereocenters. The minimum atomic E-state index is -1.67. The van der Waals surface area contributed by atoms with E-state index in [9.17, 15) is 49.2 Å². The maximum atomic E-state index is 13.4. The molecule has 0 saturated heterocycles. The van der Waals surface area contributed by atoms with Crippen molar-refractivity contribution in [3.8, 4) is 0 Å². The number of aliphatic hydroxyl groups is 3. The van der Waals surface area contributed by atoms with E-state index in [0.29, 0.717) is 25.8 Å². The number of hydrogen-bond acceptors (Lipinski definition) is 11. The fraction of sp³-hybridized carbons (Fsp3) is 0.833. The van der Waals surface area contributed by atoms with Crippen molar-refractivity contribution in [1.82, 2.24) is 26.6 Å². The minimum Gasteiger partial charge on any atom is -0.480 e. The molecule has 0 saturated carbocycles. The number of aliphatic carboxylic acids is 1. The summed E-state index contributed by atoms with van der Waals surface area (Å²) in [5.41, 5.74) is 11.2. The molecule has 5 amide bonds. The van der Waals surface area contributed by atoms with Gasteiger partial charge >= 0.3 is 5.97 Å². The highest BCUT2D eigenvalue weighted by Gasteiger charge is 2.35. The molecule has 53 heavy (non-hydrogen) atoms. The lowest BCUT2D eigenvalue weighted by Gasteiger charge is -2.29. The SMILES string of the molecule is CCCCCCCCCCCCCC(=O)N[C@@H](CCCCN)C(=O)N[C@H](C(=O)N[C@H](C(=O)N[C@@H](CCCN)C(=O)N[C@@H](CO)C(=O)O)[C@@H](C)O)[C@@H](C)O. The average Bonchev–Trinajstić information content (AvgIpc) is 3.11. The van der Waals surface area contributed by atoms with Crippen LogP contribution in [-0.4, -0.2) is 118 Å². The van der Waals surface area contributed by atoms with Gasteiger partial charge in [0.05, 0.1) is 18.8 Å². The number of carbonyl (C=O) groups excluding carboxylic acids is 5. The van der Waals surface area contributed by atoms with E-state index < -0.39 is 78.6 Å². The van der Waals surface area contributed by atoms with Gasteiger partial charge in [-0.1, -0.05) is 71.1 Å². The molecule has 308 valence electrons. The number of rotatable bonds is 32.